The van der Waals surface area contributed by atoms with E-state index in [-0.39, 0.29) is 0 Å². The Bertz CT molecular complexity index is 2240. The average Bonchev–Trinajstić information content (AvgIpc) is 3.51. The van der Waals surface area contributed by atoms with E-state index in [0.29, 0.717) is 0 Å². The third kappa shape index (κ3) is 2.70. The van der Waals surface area contributed by atoms with Gasteiger partial charge in [0.05, 0.1) is 26.0 Å². The molecular formula is C32H16N2OS2. The quantitative estimate of drug-likeness (QED) is 0.221. The van der Waals surface area contributed by atoms with Crippen molar-refractivity contribution in [1.82, 2.24) is 9.97 Å². The van der Waals surface area contributed by atoms with Crippen molar-refractivity contribution in [2.75, 3.05) is 0 Å². The highest BCUT2D eigenvalue weighted by molar-refractivity contribution is 7.33. The number of hydrogen-bond donors (Lipinski definition) is 0. The topological polar surface area (TPSA) is 35.0 Å². The van der Waals surface area contributed by atoms with Gasteiger partial charge in [-0.3, -0.25) is 0 Å². The zero-order valence-corrected chi connectivity index (χ0v) is 21.0. The van der Waals surface area contributed by atoms with Crippen LogP contribution >= 0.6 is 22.7 Å². The zero-order chi connectivity index (χ0) is 24.1. The maximum absolute atomic E-state index is 6.17. The highest BCUT2D eigenvalue weighted by atomic mass is 32.1. The second-order valence-corrected chi connectivity index (χ2v) is 11.5. The first kappa shape index (κ1) is 19.8. The fourth-order valence-electron chi connectivity index (χ4n) is 5.59. The molecule has 3 aromatic heterocycles. The molecule has 37 heavy (non-hydrogen) atoms. The molecule has 0 saturated carbocycles. The van der Waals surface area contributed by atoms with E-state index in [9.17, 15) is 0 Å². The molecule has 0 fully saturated rings. The molecule has 5 heteroatoms. The third-order valence-electron chi connectivity index (χ3n) is 7.29. The Kier molecular flexibility index (Phi) is 3.82. The van der Waals surface area contributed by atoms with Crippen molar-refractivity contribution in [2.24, 2.45) is 0 Å². The van der Waals surface area contributed by atoms with E-state index in [4.69, 9.17) is 14.7 Å². The number of benzene rings is 5. The lowest BCUT2D eigenvalue weighted by Crippen LogP contribution is -2.02. The summed E-state index contributed by atoms with van der Waals surface area (Å²) in [5, 5.41) is 6.20. The largest absolute Gasteiger partial charge is 0.456 e. The molecule has 4 heterocycles. The van der Waals surface area contributed by atoms with Gasteiger partial charge < -0.3 is 4.74 Å². The van der Waals surface area contributed by atoms with E-state index in [1.54, 1.807) is 0 Å². The molecule has 3 nitrogen and oxygen atoms in total. The Hall–Kier alpha value is -4.32. The molecular weight excluding hydrogens is 492 g/mol. The van der Waals surface area contributed by atoms with Crippen molar-refractivity contribution < 1.29 is 4.74 Å². The van der Waals surface area contributed by atoms with Crippen molar-refractivity contribution >= 4 is 73.9 Å². The minimum absolute atomic E-state index is 0.737. The van der Waals surface area contributed by atoms with Crippen LogP contribution in [0, 0.1) is 0 Å². The molecule has 0 spiro atoms. The number of para-hydroxylation sites is 1. The number of rotatable bonds is 1. The maximum Gasteiger partial charge on any atom is 0.160 e. The number of nitrogens with zero attached hydrogens (tertiary/aromatic N) is 2. The van der Waals surface area contributed by atoms with Gasteiger partial charge in [0.25, 0.3) is 0 Å². The van der Waals surface area contributed by atoms with Crippen LogP contribution in [0.1, 0.15) is 0 Å². The van der Waals surface area contributed by atoms with Crippen LogP contribution in [0.4, 0.5) is 0 Å². The summed E-state index contributed by atoms with van der Waals surface area (Å²) in [5.74, 6) is 2.38. The van der Waals surface area contributed by atoms with E-state index in [2.05, 4.69) is 60.7 Å². The molecule has 0 amide bonds. The van der Waals surface area contributed by atoms with Gasteiger partial charge in [0, 0.05) is 42.1 Å². The Balaban J connectivity index is 1.30. The fraction of sp³-hybridized carbons (Fsp3) is 0. The lowest BCUT2D eigenvalue weighted by Gasteiger charge is -2.20. The van der Waals surface area contributed by atoms with Crippen LogP contribution in [0.25, 0.3) is 73.9 Å². The van der Waals surface area contributed by atoms with E-state index in [1.165, 1.54) is 40.3 Å². The van der Waals surface area contributed by atoms with Gasteiger partial charge in [-0.1, -0.05) is 48.5 Å². The molecule has 9 rings (SSSR count). The van der Waals surface area contributed by atoms with Crippen LogP contribution in [0.5, 0.6) is 11.5 Å². The molecule has 1 aliphatic heterocycles. The molecule has 0 N–H and O–H groups in total. The van der Waals surface area contributed by atoms with Gasteiger partial charge in [0.1, 0.15) is 11.5 Å². The lowest BCUT2D eigenvalue weighted by molar-refractivity contribution is 0.486. The van der Waals surface area contributed by atoms with Crippen LogP contribution < -0.4 is 4.74 Å². The first-order valence-electron chi connectivity index (χ1n) is 12.2. The van der Waals surface area contributed by atoms with Gasteiger partial charge in [-0.05, 0) is 48.5 Å². The van der Waals surface area contributed by atoms with Crippen LogP contribution in [0.2, 0.25) is 0 Å². The van der Waals surface area contributed by atoms with E-state index in [1.807, 2.05) is 59.1 Å². The number of fused-ring (bicyclic) bond motifs is 9. The van der Waals surface area contributed by atoms with Gasteiger partial charge in [-0.25, -0.2) is 9.97 Å². The monoisotopic (exact) mass is 508 g/mol. The van der Waals surface area contributed by atoms with E-state index < -0.39 is 0 Å². The number of hydrogen-bond acceptors (Lipinski definition) is 5. The summed E-state index contributed by atoms with van der Waals surface area (Å²) in [6.07, 6.45) is 0. The smallest absolute Gasteiger partial charge is 0.160 e. The molecule has 8 aromatic rings. The minimum atomic E-state index is 0.737. The molecule has 172 valence electrons. The Morgan fingerprint density at radius 3 is 2.24 bits per heavy atom. The number of ether oxygens (including phenoxy) is 1. The number of aromatic nitrogens is 2. The van der Waals surface area contributed by atoms with Gasteiger partial charge >= 0.3 is 0 Å². The summed E-state index contributed by atoms with van der Waals surface area (Å²) >= 11 is 3.76. The predicted molar refractivity (Wildman–Crippen MR) is 156 cm³/mol. The molecule has 0 aliphatic carbocycles. The summed E-state index contributed by atoms with van der Waals surface area (Å²) in [4.78, 5) is 10.1. The standard InChI is InChI=1S/C32H16N2OS2/c1-3-9-24-21(7-1)29-28-23(8-5-10-25(28)35-24)33-32(34-29)17-12-15-27-22(16-17)20-14-13-19-18-6-2-4-11-26(18)36-30(19)31(20)37-27/h1-16H. The van der Waals surface area contributed by atoms with Gasteiger partial charge in [0.15, 0.2) is 5.82 Å². The van der Waals surface area contributed by atoms with Crippen LogP contribution in [0.3, 0.4) is 0 Å². The molecule has 1 aliphatic rings. The van der Waals surface area contributed by atoms with Crippen molar-refractivity contribution in [2.45, 2.75) is 0 Å². The third-order valence-corrected chi connectivity index (χ3v) is 9.83. The molecule has 0 saturated heterocycles. The Labute approximate surface area is 219 Å². The normalized spacial score (nSPS) is 12.5. The highest BCUT2D eigenvalue weighted by Crippen LogP contribution is 2.47. The van der Waals surface area contributed by atoms with E-state index >= 15 is 0 Å². The molecule has 0 atom stereocenters. The lowest BCUT2D eigenvalue weighted by atomic mass is 10.0. The molecule has 5 aromatic carbocycles. The molecule has 0 radical (unpaired) electrons. The summed E-state index contributed by atoms with van der Waals surface area (Å²) in [7, 11) is 0. The van der Waals surface area contributed by atoms with Gasteiger partial charge in [-0.2, -0.15) is 0 Å². The summed E-state index contributed by atoms with van der Waals surface area (Å²) in [6.45, 7) is 0. The minimum Gasteiger partial charge on any atom is -0.456 e. The van der Waals surface area contributed by atoms with Crippen molar-refractivity contribution in [3.05, 3.63) is 97.1 Å². The zero-order valence-electron chi connectivity index (χ0n) is 19.4. The van der Waals surface area contributed by atoms with E-state index in [0.717, 1.165) is 45.0 Å². The summed E-state index contributed by atoms with van der Waals surface area (Å²) in [6, 6.07) is 34.0. The second kappa shape index (κ2) is 7.13. The maximum atomic E-state index is 6.17. The number of thiophene rings is 2. The first-order valence-corrected chi connectivity index (χ1v) is 13.8. The second-order valence-electron chi connectivity index (χ2n) is 9.37. The first-order chi connectivity index (χ1) is 18.3. The summed E-state index contributed by atoms with van der Waals surface area (Å²) in [5.41, 5.74) is 3.86. The predicted octanol–water partition coefficient (Wildman–Crippen LogP) is 9.81. The van der Waals surface area contributed by atoms with Crippen LogP contribution in [0.15, 0.2) is 97.1 Å². The van der Waals surface area contributed by atoms with Crippen molar-refractivity contribution in [3.8, 4) is 34.1 Å². The van der Waals surface area contributed by atoms with Crippen molar-refractivity contribution in [3.63, 3.8) is 0 Å². The Morgan fingerprint density at radius 1 is 0.568 bits per heavy atom. The average molecular weight is 509 g/mol. The van der Waals surface area contributed by atoms with Crippen LogP contribution in [-0.2, 0) is 0 Å². The SMILES string of the molecule is c1ccc2c(c1)Oc1cccc3nc(-c4ccc5sc6c(ccc7c8ccccc8sc76)c5c4)nc-2c13. The summed E-state index contributed by atoms with van der Waals surface area (Å²) < 4.78 is 11.5. The fourth-order valence-corrected chi connectivity index (χ4v) is 8.11. The van der Waals surface area contributed by atoms with Crippen LogP contribution in [-0.4, -0.2) is 9.97 Å². The molecule has 0 bridgehead atoms. The molecule has 0 unspecified atom stereocenters. The van der Waals surface area contributed by atoms with Gasteiger partial charge in [0.2, 0.25) is 0 Å². The van der Waals surface area contributed by atoms with Crippen molar-refractivity contribution in [1.29, 1.82) is 0 Å². The van der Waals surface area contributed by atoms with Gasteiger partial charge in [-0.15, -0.1) is 22.7 Å². The Morgan fingerprint density at radius 2 is 1.32 bits per heavy atom. The highest BCUT2D eigenvalue weighted by Gasteiger charge is 2.23.